The lowest BCUT2D eigenvalue weighted by molar-refractivity contribution is -0.148. The highest BCUT2D eigenvalue weighted by Crippen LogP contribution is 2.32. The molecule has 0 bridgehead atoms. The molecule has 0 atom stereocenters. The van der Waals surface area contributed by atoms with E-state index in [-0.39, 0.29) is 49.0 Å². The molecule has 16 heteroatoms. The third-order valence-electron chi connectivity index (χ3n) is 5.08. The highest BCUT2D eigenvalue weighted by molar-refractivity contribution is 5.93. The Morgan fingerprint density at radius 3 is 1.74 bits per heavy atom. The summed E-state index contributed by atoms with van der Waals surface area (Å²) in [5.41, 5.74) is 0.0670. The SMILES string of the molecule is CNC(=O)c1nc(C(F)(F)F)n2c1CNCC2.COC(=O)c1nc(C(F)(F)F)n2c1CNCC2. The van der Waals surface area contributed by atoms with Gasteiger partial charge in [-0.1, -0.05) is 0 Å². The second-order valence-electron chi connectivity index (χ2n) is 7.18. The van der Waals surface area contributed by atoms with Gasteiger partial charge in [0.1, 0.15) is 0 Å². The molecule has 2 aliphatic heterocycles. The van der Waals surface area contributed by atoms with Crippen molar-refractivity contribution in [1.82, 2.24) is 35.1 Å². The van der Waals surface area contributed by atoms with Crippen LogP contribution in [0.2, 0.25) is 0 Å². The quantitative estimate of drug-likeness (QED) is 0.421. The zero-order chi connectivity index (χ0) is 25.3. The van der Waals surface area contributed by atoms with Gasteiger partial charge in [0, 0.05) is 46.3 Å². The molecule has 10 nitrogen and oxygen atoms in total. The Bertz CT molecular complexity index is 990. The summed E-state index contributed by atoms with van der Waals surface area (Å²) in [6.45, 7) is 1.52. The van der Waals surface area contributed by atoms with Crippen LogP contribution >= 0.6 is 0 Å². The number of fused-ring (bicyclic) bond motifs is 2. The van der Waals surface area contributed by atoms with Crippen LogP contribution in [0.4, 0.5) is 26.3 Å². The number of imidazole rings is 2. The Labute approximate surface area is 188 Å². The number of aromatic nitrogens is 4. The van der Waals surface area contributed by atoms with Crippen LogP contribution in [0, 0.1) is 0 Å². The van der Waals surface area contributed by atoms with Gasteiger partial charge in [0.2, 0.25) is 11.6 Å². The van der Waals surface area contributed by atoms with E-state index in [1.165, 1.54) is 7.05 Å². The fourth-order valence-electron chi connectivity index (χ4n) is 3.60. The first kappa shape index (κ1) is 25.5. The number of halogens is 6. The molecule has 34 heavy (non-hydrogen) atoms. The van der Waals surface area contributed by atoms with Crippen molar-refractivity contribution in [3.05, 3.63) is 34.4 Å². The van der Waals surface area contributed by atoms with E-state index in [0.29, 0.717) is 13.1 Å². The van der Waals surface area contributed by atoms with E-state index in [1.807, 2.05) is 0 Å². The number of amides is 1. The van der Waals surface area contributed by atoms with Crippen LogP contribution in [-0.4, -0.2) is 58.2 Å². The van der Waals surface area contributed by atoms with Crippen LogP contribution in [0.1, 0.15) is 44.0 Å². The zero-order valence-corrected chi connectivity index (χ0v) is 18.0. The number of nitrogens with one attached hydrogen (secondary N) is 3. The highest BCUT2D eigenvalue weighted by atomic mass is 19.4. The Hall–Kier alpha value is -3.14. The molecule has 2 aromatic heterocycles. The van der Waals surface area contributed by atoms with E-state index >= 15 is 0 Å². The number of alkyl halides is 6. The first-order chi connectivity index (χ1) is 15.9. The van der Waals surface area contributed by atoms with Gasteiger partial charge in [0.05, 0.1) is 18.5 Å². The first-order valence-electron chi connectivity index (χ1n) is 9.95. The lowest BCUT2D eigenvalue weighted by Crippen LogP contribution is -2.31. The summed E-state index contributed by atoms with van der Waals surface area (Å²) in [5, 5.41) is 8.09. The van der Waals surface area contributed by atoms with E-state index in [4.69, 9.17) is 0 Å². The van der Waals surface area contributed by atoms with Crippen molar-refractivity contribution in [2.24, 2.45) is 0 Å². The van der Waals surface area contributed by atoms with Crippen LogP contribution < -0.4 is 16.0 Å². The summed E-state index contributed by atoms with van der Waals surface area (Å²) in [6, 6.07) is 0. The van der Waals surface area contributed by atoms with Gasteiger partial charge in [0.15, 0.2) is 11.4 Å². The minimum atomic E-state index is -4.57. The number of hydrogen-bond donors (Lipinski definition) is 3. The molecule has 188 valence electrons. The topological polar surface area (TPSA) is 115 Å². The molecule has 2 aromatic rings. The maximum atomic E-state index is 12.7. The van der Waals surface area contributed by atoms with Gasteiger partial charge in [-0.05, 0) is 0 Å². The van der Waals surface area contributed by atoms with E-state index < -0.39 is 35.9 Å². The van der Waals surface area contributed by atoms with E-state index in [9.17, 15) is 35.9 Å². The third kappa shape index (κ3) is 5.01. The Balaban J connectivity index is 0.000000191. The predicted octanol–water partition coefficient (Wildman–Crippen LogP) is 1.16. The van der Waals surface area contributed by atoms with Crippen molar-refractivity contribution in [3.63, 3.8) is 0 Å². The lowest BCUT2D eigenvalue weighted by Gasteiger charge is -2.19. The van der Waals surface area contributed by atoms with Crippen LogP contribution in [0.15, 0.2) is 0 Å². The Kier molecular flexibility index (Phi) is 7.21. The van der Waals surface area contributed by atoms with E-state index in [0.717, 1.165) is 16.2 Å². The number of hydrogen-bond acceptors (Lipinski definition) is 7. The maximum Gasteiger partial charge on any atom is 0.449 e. The number of carbonyl (C=O) groups is 2. The summed E-state index contributed by atoms with van der Waals surface area (Å²) in [6.07, 6.45) is -9.11. The molecule has 0 spiro atoms. The summed E-state index contributed by atoms with van der Waals surface area (Å²) in [5.74, 6) is -3.51. The van der Waals surface area contributed by atoms with Crippen molar-refractivity contribution >= 4 is 11.9 Å². The van der Waals surface area contributed by atoms with Crippen molar-refractivity contribution < 1.29 is 40.7 Å². The molecule has 4 rings (SSSR count). The molecular formula is C18H21F6N7O3. The molecule has 1 amide bonds. The Morgan fingerprint density at radius 1 is 0.882 bits per heavy atom. The normalized spacial score (nSPS) is 15.5. The van der Waals surface area contributed by atoms with Gasteiger partial charge >= 0.3 is 18.3 Å². The molecule has 3 N–H and O–H groups in total. The summed E-state index contributed by atoms with van der Waals surface area (Å²) < 4.78 is 82.8. The van der Waals surface area contributed by atoms with E-state index in [1.54, 1.807) is 0 Å². The second-order valence-corrected chi connectivity index (χ2v) is 7.18. The van der Waals surface area contributed by atoms with Crippen LogP contribution in [0.3, 0.4) is 0 Å². The van der Waals surface area contributed by atoms with Crippen molar-refractivity contribution in [1.29, 1.82) is 0 Å². The maximum absolute atomic E-state index is 12.7. The number of methoxy groups -OCH3 is 1. The van der Waals surface area contributed by atoms with Gasteiger partial charge in [-0.3, -0.25) is 4.79 Å². The van der Waals surface area contributed by atoms with E-state index in [2.05, 4.69) is 30.7 Å². The van der Waals surface area contributed by atoms with Crippen molar-refractivity contribution in [2.75, 3.05) is 27.2 Å². The van der Waals surface area contributed by atoms with Crippen molar-refractivity contribution in [3.8, 4) is 0 Å². The standard InChI is InChI=1S/C9H11F3N4O.C9H10F3N3O2/c1-13-7(17)6-5-4-14-2-3-16(5)8(15-6)9(10,11)12;1-17-7(16)6-5-4-13-2-3-15(5)8(14-6)9(10,11)12/h14H,2-4H2,1H3,(H,13,17);13H,2-4H2,1H3. The van der Waals surface area contributed by atoms with Gasteiger partial charge in [0.25, 0.3) is 5.91 Å². The number of esters is 1. The average Bonchev–Trinajstić information content (AvgIpc) is 3.38. The van der Waals surface area contributed by atoms with Crippen molar-refractivity contribution in [2.45, 2.75) is 38.5 Å². The van der Waals surface area contributed by atoms with Crippen LogP contribution in [-0.2, 0) is 43.3 Å². The minimum Gasteiger partial charge on any atom is -0.464 e. The number of rotatable bonds is 2. The van der Waals surface area contributed by atoms with Gasteiger partial charge in [-0.25, -0.2) is 14.8 Å². The largest absolute Gasteiger partial charge is 0.464 e. The zero-order valence-electron chi connectivity index (χ0n) is 18.0. The first-order valence-corrected chi connectivity index (χ1v) is 9.95. The monoisotopic (exact) mass is 497 g/mol. The Morgan fingerprint density at radius 2 is 1.32 bits per heavy atom. The number of carbonyl (C=O) groups excluding carboxylic acids is 2. The molecule has 0 unspecified atom stereocenters. The lowest BCUT2D eigenvalue weighted by atomic mass is 10.2. The second kappa shape index (κ2) is 9.61. The van der Waals surface area contributed by atoms with Crippen LogP contribution in [0.5, 0.6) is 0 Å². The third-order valence-corrected chi connectivity index (χ3v) is 5.08. The molecule has 4 heterocycles. The average molecular weight is 497 g/mol. The fraction of sp³-hybridized carbons (Fsp3) is 0.556. The summed E-state index contributed by atoms with van der Waals surface area (Å²) in [4.78, 5) is 29.6. The van der Waals surface area contributed by atoms with Crippen LogP contribution in [0.25, 0.3) is 0 Å². The van der Waals surface area contributed by atoms with Gasteiger partial charge in [-0.2, -0.15) is 26.3 Å². The highest BCUT2D eigenvalue weighted by Gasteiger charge is 2.41. The number of ether oxygens (including phenoxy) is 1. The molecule has 0 saturated carbocycles. The summed E-state index contributed by atoms with van der Waals surface area (Å²) in [7, 11) is 2.47. The molecule has 0 aromatic carbocycles. The molecule has 0 saturated heterocycles. The number of nitrogens with zero attached hydrogens (tertiary/aromatic N) is 4. The van der Waals surface area contributed by atoms with Gasteiger partial charge in [-0.15, -0.1) is 0 Å². The molecule has 2 aliphatic rings. The molecular weight excluding hydrogens is 476 g/mol. The van der Waals surface area contributed by atoms with Gasteiger partial charge < -0.3 is 29.8 Å². The molecule has 0 aliphatic carbocycles. The molecule has 0 fully saturated rings. The minimum absolute atomic E-state index is 0.133. The summed E-state index contributed by atoms with van der Waals surface area (Å²) >= 11 is 0. The predicted molar refractivity (Wildman–Crippen MR) is 103 cm³/mol. The smallest absolute Gasteiger partial charge is 0.449 e. The fourth-order valence-corrected chi connectivity index (χ4v) is 3.60. The molecule has 0 radical (unpaired) electrons.